The number of H-pyrrole nitrogens is 1. The molecule has 31 heavy (non-hydrogen) atoms. The smallest absolute Gasteiger partial charge is 0.416 e. The maximum absolute atomic E-state index is 12.9. The Hall–Kier alpha value is -3.25. The van der Waals surface area contributed by atoms with Crippen molar-refractivity contribution in [3.05, 3.63) is 55.7 Å². The second-order valence-corrected chi connectivity index (χ2v) is 6.98. The molecule has 0 amide bonds. The number of Topliss-reactive ketones (excluding diaryl/α,β-unsaturated/α-hetero) is 1. The van der Waals surface area contributed by atoms with E-state index < -0.39 is 64.2 Å². The molecule has 1 heterocycles. The summed E-state index contributed by atoms with van der Waals surface area (Å²) in [5.74, 6) is -2.62. The van der Waals surface area contributed by atoms with Crippen LogP contribution in [0.1, 0.15) is 35.3 Å². The minimum atomic E-state index is -5.10. The number of nitrogen functional groups attached to an aromatic ring is 1. The van der Waals surface area contributed by atoms with Gasteiger partial charge in [0, 0.05) is 6.54 Å². The molecule has 2 aromatic rings. The highest BCUT2D eigenvalue weighted by Crippen LogP contribution is 2.38. The van der Waals surface area contributed by atoms with Crippen LogP contribution in [0, 0.1) is 5.92 Å². The van der Waals surface area contributed by atoms with E-state index in [9.17, 15) is 40.7 Å². The fourth-order valence-electron chi connectivity index (χ4n) is 2.63. The molecule has 0 spiro atoms. The lowest BCUT2D eigenvalue weighted by Gasteiger charge is -2.15. The van der Waals surface area contributed by atoms with Crippen LogP contribution in [0.4, 0.5) is 32.2 Å². The topological polar surface area (TPSA) is 107 Å². The molecule has 0 aliphatic heterocycles. The number of nitrogens with zero attached hydrogens (tertiary/aromatic N) is 1. The van der Waals surface area contributed by atoms with Crippen LogP contribution < -0.4 is 21.7 Å². The van der Waals surface area contributed by atoms with Gasteiger partial charge in [0.25, 0.3) is 5.56 Å². The van der Waals surface area contributed by atoms with Crippen molar-refractivity contribution >= 4 is 11.6 Å². The molecule has 0 saturated carbocycles. The lowest BCUT2D eigenvalue weighted by atomic mass is 10.1. The highest BCUT2D eigenvalue weighted by atomic mass is 19.4. The summed E-state index contributed by atoms with van der Waals surface area (Å²) in [6.07, 6.45) is -10.2. The Morgan fingerprint density at radius 3 is 2.03 bits per heavy atom. The second kappa shape index (κ2) is 8.47. The van der Waals surface area contributed by atoms with Crippen LogP contribution in [0.2, 0.25) is 0 Å². The molecule has 13 heteroatoms. The number of aromatic amines is 1. The van der Waals surface area contributed by atoms with Crippen molar-refractivity contribution in [1.29, 1.82) is 0 Å². The fraction of sp³-hybridized carbons (Fsp3) is 0.389. The minimum absolute atomic E-state index is 0.0468. The molecule has 0 atom stereocenters. The lowest BCUT2D eigenvalue weighted by Crippen LogP contribution is -2.38. The highest BCUT2D eigenvalue weighted by molar-refractivity contribution is 6.00. The van der Waals surface area contributed by atoms with Gasteiger partial charge in [0.2, 0.25) is 5.78 Å². The molecule has 0 bridgehead atoms. The predicted octanol–water partition coefficient (Wildman–Crippen LogP) is 3.07. The number of carbonyl (C=O) groups is 1. The molecule has 0 unspecified atom stereocenters. The van der Waals surface area contributed by atoms with Crippen LogP contribution in [0.5, 0.6) is 5.75 Å². The van der Waals surface area contributed by atoms with E-state index >= 15 is 0 Å². The molecule has 0 aliphatic rings. The Labute approximate surface area is 170 Å². The number of benzene rings is 1. The number of halogens is 6. The van der Waals surface area contributed by atoms with E-state index in [0.717, 1.165) is 4.57 Å². The van der Waals surface area contributed by atoms with E-state index in [1.54, 1.807) is 13.8 Å². The first-order chi connectivity index (χ1) is 14.1. The van der Waals surface area contributed by atoms with Crippen molar-refractivity contribution in [2.24, 2.45) is 5.92 Å². The van der Waals surface area contributed by atoms with Gasteiger partial charge in [-0.2, -0.15) is 26.3 Å². The Morgan fingerprint density at radius 1 is 1.06 bits per heavy atom. The van der Waals surface area contributed by atoms with E-state index in [-0.39, 0.29) is 30.7 Å². The third-order valence-corrected chi connectivity index (χ3v) is 4.00. The van der Waals surface area contributed by atoms with Crippen LogP contribution in [0.3, 0.4) is 0 Å². The molecule has 170 valence electrons. The van der Waals surface area contributed by atoms with Crippen LogP contribution >= 0.6 is 0 Å². The summed E-state index contributed by atoms with van der Waals surface area (Å²) in [6.45, 7) is 2.41. The van der Waals surface area contributed by atoms with Gasteiger partial charge in [0.05, 0.1) is 11.1 Å². The summed E-state index contributed by atoms with van der Waals surface area (Å²) in [5, 5.41) is 0. The summed E-state index contributed by atoms with van der Waals surface area (Å²) < 4.78 is 83.2. The van der Waals surface area contributed by atoms with Gasteiger partial charge < -0.3 is 10.5 Å². The van der Waals surface area contributed by atoms with Crippen molar-refractivity contribution in [2.45, 2.75) is 32.7 Å². The van der Waals surface area contributed by atoms with Gasteiger partial charge >= 0.3 is 18.0 Å². The average molecular weight is 453 g/mol. The number of nitrogens with one attached hydrogen (secondary N) is 1. The third kappa shape index (κ3) is 5.67. The molecule has 0 saturated heterocycles. The normalized spacial score (nSPS) is 12.3. The third-order valence-electron chi connectivity index (χ3n) is 4.00. The van der Waals surface area contributed by atoms with Gasteiger partial charge in [-0.05, 0) is 24.1 Å². The molecule has 0 fully saturated rings. The number of alkyl halides is 6. The zero-order chi connectivity index (χ0) is 23.7. The molecule has 1 aromatic heterocycles. The van der Waals surface area contributed by atoms with Crippen LogP contribution in [0.25, 0.3) is 0 Å². The first-order valence-electron chi connectivity index (χ1n) is 8.69. The molecule has 0 radical (unpaired) electrons. The zero-order valence-corrected chi connectivity index (χ0v) is 16.1. The quantitative estimate of drug-likeness (QED) is 0.517. The lowest BCUT2D eigenvalue weighted by molar-refractivity contribution is -0.143. The SMILES string of the molecule is CC(C)Cn1c(N)c(C(=O)COc2cc(C(F)(F)F)cc(C(F)(F)F)c2)c(=O)[nH]c1=O. The van der Waals surface area contributed by atoms with E-state index in [2.05, 4.69) is 0 Å². The van der Waals surface area contributed by atoms with Gasteiger partial charge in [0.1, 0.15) is 17.1 Å². The van der Waals surface area contributed by atoms with Crippen LogP contribution in [-0.2, 0) is 18.9 Å². The Kier molecular flexibility index (Phi) is 6.57. The minimum Gasteiger partial charge on any atom is -0.485 e. The van der Waals surface area contributed by atoms with Gasteiger partial charge in [-0.1, -0.05) is 13.8 Å². The zero-order valence-electron chi connectivity index (χ0n) is 16.1. The van der Waals surface area contributed by atoms with Gasteiger partial charge in [-0.15, -0.1) is 0 Å². The number of nitrogens with two attached hydrogens (primary N) is 1. The Bertz CT molecular complexity index is 1070. The maximum atomic E-state index is 12.9. The van der Waals surface area contributed by atoms with E-state index in [4.69, 9.17) is 10.5 Å². The van der Waals surface area contributed by atoms with Gasteiger partial charge in [-0.25, -0.2) is 4.79 Å². The standard InChI is InChI=1S/C18H17F6N3O4/c1-8(2)6-27-14(25)13(15(29)26-16(27)30)12(28)7-31-11-4-9(17(19,20)21)3-10(5-11)18(22,23)24/h3-5,8H,6-7,25H2,1-2H3,(H,26,29,30). The molecular weight excluding hydrogens is 436 g/mol. The second-order valence-electron chi connectivity index (χ2n) is 6.98. The predicted molar refractivity (Wildman–Crippen MR) is 96.8 cm³/mol. The highest BCUT2D eigenvalue weighted by Gasteiger charge is 2.37. The molecule has 1 aromatic carbocycles. The summed E-state index contributed by atoms with van der Waals surface area (Å²) in [5.41, 5.74) is -0.251. The van der Waals surface area contributed by atoms with Crippen molar-refractivity contribution in [2.75, 3.05) is 12.3 Å². The Morgan fingerprint density at radius 2 is 1.58 bits per heavy atom. The Balaban J connectivity index is 2.39. The largest absolute Gasteiger partial charge is 0.485 e. The van der Waals surface area contributed by atoms with E-state index in [0.29, 0.717) is 0 Å². The van der Waals surface area contributed by atoms with Crippen molar-refractivity contribution in [1.82, 2.24) is 9.55 Å². The number of ketones is 1. The number of aromatic nitrogens is 2. The first-order valence-corrected chi connectivity index (χ1v) is 8.69. The average Bonchev–Trinajstić information content (AvgIpc) is 2.61. The molecule has 3 N–H and O–H groups in total. The van der Waals surface area contributed by atoms with Crippen LogP contribution in [0.15, 0.2) is 27.8 Å². The first kappa shape index (κ1) is 24.0. The monoisotopic (exact) mass is 453 g/mol. The molecule has 7 nitrogen and oxygen atoms in total. The summed E-state index contributed by atoms with van der Waals surface area (Å²) >= 11 is 0. The summed E-state index contributed by atoms with van der Waals surface area (Å²) in [7, 11) is 0. The summed E-state index contributed by atoms with van der Waals surface area (Å²) in [6, 6.07) is 0.477. The number of rotatable bonds is 6. The number of hydrogen-bond acceptors (Lipinski definition) is 5. The molecular formula is C18H17F6N3O4. The van der Waals surface area contributed by atoms with E-state index in [1.807, 2.05) is 4.98 Å². The van der Waals surface area contributed by atoms with Gasteiger partial charge in [-0.3, -0.25) is 19.1 Å². The number of hydrogen-bond donors (Lipinski definition) is 2. The van der Waals surface area contributed by atoms with Crippen molar-refractivity contribution < 1.29 is 35.9 Å². The number of carbonyl (C=O) groups excluding carboxylic acids is 1. The maximum Gasteiger partial charge on any atom is 0.416 e. The van der Waals surface area contributed by atoms with Crippen molar-refractivity contribution in [3.63, 3.8) is 0 Å². The summed E-state index contributed by atoms with van der Waals surface area (Å²) in [4.78, 5) is 38.2. The molecule has 0 aliphatic carbocycles. The van der Waals surface area contributed by atoms with Gasteiger partial charge in [0.15, 0.2) is 6.61 Å². The number of ether oxygens (including phenoxy) is 1. The molecule has 2 rings (SSSR count). The van der Waals surface area contributed by atoms with Crippen LogP contribution in [-0.4, -0.2) is 21.9 Å². The van der Waals surface area contributed by atoms with Crippen molar-refractivity contribution in [3.8, 4) is 5.75 Å². The fourth-order valence-corrected chi connectivity index (χ4v) is 2.63. The number of anilines is 1. The van der Waals surface area contributed by atoms with E-state index in [1.165, 1.54) is 0 Å².